The first-order valence-electron chi connectivity index (χ1n) is 4.84. The summed E-state index contributed by atoms with van der Waals surface area (Å²) in [5.74, 6) is 0.775. The number of benzene rings is 1. The Balaban J connectivity index is 2.56. The lowest BCUT2D eigenvalue weighted by molar-refractivity contribution is 0.317. The molecule has 1 aromatic rings. The standard InChI is InChI=1S/C11H12BrNO2/c1-15-11-6-8-7(5-9(11)12)3-2-4-10(8)13-14/h5-6,14H,2-4H2,1H3. The van der Waals surface area contributed by atoms with Gasteiger partial charge in [0.05, 0.1) is 17.3 Å². The molecule has 3 nitrogen and oxygen atoms in total. The third-order valence-corrected chi connectivity index (χ3v) is 3.29. The van der Waals surface area contributed by atoms with Crippen LogP contribution in [0.3, 0.4) is 0 Å². The number of nitrogens with zero attached hydrogens (tertiary/aromatic N) is 1. The van der Waals surface area contributed by atoms with Gasteiger partial charge in [-0.25, -0.2) is 0 Å². The minimum absolute atomic E-state index is 0.752. The van der Waals surface area contributed by atoms with E-state index in [1.165, 1.54) is 5.56 Å². The van der Waals surface area contributed by atoms with E-state index in [1.807, 2.05) is 12.1 Å². The summed E-state index contributed by atoms with van der Waals surface area (Å²) < 4.78 is 6.17. The molecule has 0 atom stereocenters. The molecule has 1 aliphatic carbocycles. The molecule has 0 saturated heterocycles. The highest BCUT2D eigenvalue weighted by atomic mass is 79.9. The van der Waals surface area contributed by atoms with E-state index in [2.05, 4.69) is 21.1 Å². The first-order valence-corrected chi connectivity index (χ1v) is 5.63. The molecule has 2 rings (SSSR count). The summed E-state index contributed by atoms with van der Waals surface area (Å²) in [6.45, 7) is 0. The molecule has 0 bridgehead atoms. The predicted molar refractivity (Wildman–Crippen MR) is 62.0 cm³/mol. The van der Waals surface area contributed by atoms with Crippen molar-refractivity contribution in [3.05, 3.63) is 27.7 Å². The molecule has 1 aliphatic rings. The van der Waals surface area contributed by atoms with Crippen LogP contribution in [0.15, 0.2) is 21.8 Å². The summed E-state index contributed by atoms with van der Waals surface area (Å²) >= 11 is 3.45. The molecule has 15 heavy (non-hydrogen) atoms. The number of halogens is 1. The lowest BCUT2D eigenvalue weighted by Crippen LogP contribution is -2.12. The Kier molecular flexibility index (Phi) is 2.95. The molecule has 1 N–H and O–H groups in total. The molecule has 0 aliphatic heterocycles. The van der Waals surface area contributed by atoms with Crippen LogP contribution in [0.25, 0.3) is 0 Å². The van der Waals surface area contributed by atoms with Gasteiger partial charge in [0.25, 0.3) is 0 Å². The minimum Gasteiger partial charge on any atom is -0.496 e. The molecule has 0 unspecified atom stereocenters. The maximum atomic E-state index is 8.91. The number of fused-ring (bicyclic) bond motifs is 1. The Bertz CT molecular complexity index is 415. The van der Waals surface area contributed by atoms with Crippen molar-refractivity contribution in [3.8, 4) is 5.75 Å². The van der Waals surface area contributed by atoms with Gasteiger partial charge in [-0.2, -0.15) is 0 Å². The number of oxime groups is 1. The minimum atomic E-state index is 0.752. The molecule has 0 amide bonds. The van der Waals surface area contributed by atoms with E-state index in [0.29, 0.717) is 0 Å². The Morgan fingerprint density at radius 3 is 2.87 bits per heavy atom. The number of ether oxygens (including phenoxy) is 1. The third kappa shape index (κ3) is 1.86. The SMILES string of the molecule is COc1cc2c(cc1Br)CCCC2=NO. The van der Waals surface area contributed by atoms with Crippen molar-refractivity contribution >= 4 is 21.6 Å². The first kappa shape index (κ1) is 10.5. The fourth-order valence-electron chi connectivity index (χ4n) is 1.91. The molecule has 0 radical (unpaired) electrons. The molecule has 0 aromatic heterocycles. The van der Waals surface area contributed by atoms with Crippen LogP contribution in [0.5, 0.6) is 5.75 Å². The molecular weight excluding hydrogens is 258 g/mol. The second kappa shape index (κ2) is 4.23. The quantitative estimate of drug-likeness (QED) is 0.629. The van der Waals surface area contributed by atoms with Gasteiger partial charge in [-0.15, -0.1) is 0 Å². The second-order valence-electron chi connectivity index (χ2n) is 3.54. The van der Waals surface area contributed by atoms with Crippen LogP contribution in [0, 0.1) is 0 Å². The Morgan fingerprint density at radius 2 is 2.20 bits per heavy atom. The van der Waals surface area contributed by atoms with Gasteiger partial charge >= 0.3 is 0 Å². The fraction of sp³-hybridized carbons (Fsp3) is 0.364. The zero-order valence-electron chi connectivity index (χ0n) is 8.46. The van der Waals surface area contributed by atoms with E-state index in [9.17, 15) is 0 Å². The van der Waals surface area contributed by atoms with Gasteiger partial charge in [-0.1, -0.05) is 5.16 Å². The van der Waals surface area contributed by atoms with E-state index in [0.717, 1.165) is 40.8 Å². The maximum absolute atomic E-state index is 8.91. The Hall–Kier alpha value is -1.03. The summed E-state index contributed by atoms with van der Waals surface area (Å²) in [7, 11) is 1.63. The average molecular weight is 270 g/mol. The normalized spacial score (nSPS) is 17.6. The van der Waals surface area contributed by atoms with Crippen molar-refractivity contribution in [2.75, 3.05) is 7.11 Å². The van der Waals surface area contributed by atoms with Gasteiger partial charge in [-0.05, 0) is 52.9 Å². The number of hydrogen-bond acceptors (Lipinski definition) is 3. The lowest BCUT2D eigenvalue weighted by atomic mass is 9.90. The summed E-state index contributed by atoms with van der Waals surface area (Å²) in [6.07, 6.45) is 2.89. The smallest absolute Gasteiger partial charge is 0.133 e. The molecule has 80 valence electrons. The summed E-state index contributed by atoms with van der Waals surface area (Å²) in [6, 6.07) is 3.96. The van der Waals surface area contributed by atoms with Gasteiger partial charge in [0.2, 0.25) is 0 Å². The third-order valence-electron chi connectivity index (χ3n) is 2.67. The van der Waals surface area contributed by atoms with Crippen molar-refractivity contribution in [1.82, 2.24) is 0 Å². The van der Waals surface area contributed by atoms with Crippen molar-refractivity contribution < 1.29 is 9.94 Å². The van der Waals surface area contributed by atoms with E-state index in [4.69, 9.17) is 9.94 Å². The molecular formula is C11H12BrNO2. The molecule has 0 fully saturated rings. The van der Waals surface area contributed by atoms with E-state index >= 15 is 0 Å². The van der Waals surface area contributed by atoms with Gasteiger partial charge in [0, 0.05) is 5.56 Å². The Labute approximate surface area is 96.9 Å². The molecule has 0 spiro atoms. The lowest BCUT2D eigenvalue weighted by Gasteiger charge is -2.18. The van der Waals surface area contributed by atoms with Crippen LogP contribution in [0.2, 0.25) is 0 Å². The fourth-order valence-corrected chi connectivity index (χ4v) is 2.46. The van der Waals surface area contributed by atoms with Crippen LogP contribution in [-0.4, -0.2) is 18.0 Å². The van der Waals surface area contributed by atoms with E-state index in [1.54, 1.807) is 7.11 Å². The predicted octanol–water partition coefficient (Wildman–Crippen LogP) is 2.97. The van der Waals surface area contributed by atoms with Crippen molar-refractivity contribution in [2.24, 2.45) is 5.16 Å². The van der Waals surface area contributed by atoms with Gasteiger partial charge < -0.3 is 9.94 Å². The van der Waals surface area contributed by atoms with Crippen molar-refractivity contribution in [1.29, 1.82) is 0 Å². The van der Waals surface area contributed by atoms with Gasteiger partial charge in [0.15, 0.2) is 0 Å². The molecule has 4 heteroatoms. The van der Waals surface area contributed by atoms with E-state index in [-0.39, 0.29) is 0 Å². The number of aryl methyl sites for hydroxylation is 1. The highest BCUT2D eigenvalue weighted by Gasteiger charge is 2.18. The summed E-state index contributed by atoms with van der Waals surface area (Å²) in [5.41, 5.74) is 2.97. The molecule has 1 aromatic carbocycles. The first-order chi connectivity index (χ1) is 7.26. The largest absolute Gasteiger partial charge is 0.496 e. The summed E-state index contributed by atoms with van der Waals surface area (Å²) in [5, 5.41) is 12.2. The van der Waals surface area contributed by atoms with Crippen molar-refractivity contribution in [3.63, 3.8) is 0 Å². The van der Waals surface area contributed by atoms with Crippen LogP contribution in [0.4, 0.5) is 0 Å². The van der Waals surface area contributed by atoms with Crippen LogP contribution in [0.1, 0.15) is 24.0 Å². The van der Waals surface area contributed by atoms with Gasteiger partial charge in [0.1, 0.15) is 5.75 Å². The maximum Gasteiger partial charge on any atom is 0.133 e. The van der Waals surface area contributed by atoms with E-state index < -0.39 is 0 Å². The second-order valence-corrected chi connectivity index (χ2v) is 4.40. The topological polar surface area (TPSA) is 41.8 Å². The highest BCUT2D eigenvalue weighted by molar-refractivity contribution is 9.10. The van der Waals surface area contributed by atoms with Crippen LogP contribution in [-0.2, 0) is 6.42 Å². The number of methoxy groups -OCH3 is 1. The zero-order valence-corrected chi connectivity index (χ0v) is 10.0. The summed E-state index contributed by atoms with van der Waals surface area (Å²) in [4.78, 5) is 0. The van der Waals surface area contributed by atoms with Gasteiger partial charge in [-0.3, -0.25) is 0 Å². The van der Waals surface area contributed by atoms with Crippen LogP contribution < -0.4 is 4.74 Å². The molecule has 0 saturated carbocycles. The monoisotopic (exact) mass is 269 g/mol. The molecule has 0 heterocycles. The number of hydrogen-bond donors (Lipinski definition) is 1. The zero-order chi connectivity index (χ0) is 10.8. The highest BCUT2D eigenvalue weighted by Crippen LogP contribution is 2.32. The Morgan fingerprint density at radius 1 is 1.40 bits per heavy atom. The number of rotatable bonds is 1. The average Bonchev–Trinajstić information content (AvgIpc) is 2.27. The van der Waals surface area contributed by atoms with Crippen LogP contribution >= 0.6 is 15.9 Å². The van der Waals surface area contributed by atoms with Crippen molar-refractivity contribution in [2.45, 2.75) is 19.3 Å².